The minimum absolute atomic E-state index is 0.0971. The van der Waals surface area contributed by atoms with E-state index in [2.05, 4.69) is 20.0 Å². The first-order valence-electron chi connectivity index (χ1n) is 6.69. The number of oxime groups is 2. The first kappa shape index (κ1) is 16.4. The molecule has 0 heterocycles. The van der Waals surface area contributed by atoms with Gasteiger partial charge in [0.2, 0.25) is 0 Å². The second-order valence-corrected chi connectivity index (χ2v) is 4.27. The zero-order valence-corrected chi connectivity index (χ0v) is 12.3. The van der Waals surface area contributed by atoms with Gasteiger partial charge < -0.3 is 0 Å². The van der Waals surface area contributed by atoms with Crippen LogP contribution in [0.2, 0.25) is 0 Å². The van der Waals surface area contributed by atoms with Crippen LogP contribution < -0.4 is 0 Å². The number of hydrogen-bond acceptors (Lipinski definition) is 7. The van der Waals surface area contributed by atoms with Crippen LogP contribution in [0.15, 0.2) is 71.0 Å². The van der Waals surface area contributed by atoms with Gasteiger partial charge in [0.15, 0.2) is 11.4 Å². The molecule has 0 bridgehead atoms. The maximum atomic E-state index is 11.5. The van der Waals surface area contributed by atoms with Crippen LogP contribution in [-0.4, -0.2) is 17.6 Å². The van der Waals surface area contributed by atoms with E-state index in [-0.39, 0.29) is 11.4 Å². The summed E-state index contributed by atoms with van der Waals surface area (Å²) < 4.78 is 0. The summed E-state index contributed by atoms with van der Waals surface area (Å²) in [4.78, 5) is 20.4. The monoisotopic (exact) mass is 318 g/mol. The Bertz CT molecular complexity index is 775. The Hall–Kier alpha value is -3.97. The Morgan fingerprint density at radius 1 is 0.750 bits per heavy atom. The standard InChI is InChI=1S/C17H10N4O3/c18-11-15(13-7-3-1-4-8-13)20-23-17(22)24-21-16(12-19)14-9-5-2-6-10-14/h1-10H/b20-15+,21-16+. The fourth-order valence-electron chi connectivity index (χ4n) is 1.65. The minimum Gasteiger partial charge on any atom is -0.279 e. The summed E-state index contributed by atoms with van der Waals surface area (Å²) in [5, 5.41) is 24.9. The number of hydrogen-bond donors (Lipinski definition) is 0. The van der Waals surface area contributed by atoms with E-state index in [1.165, 1.54) is 0 Å². The van der Waals surface area contributed by atoms with Gasteiger partial charge in [-0.15, -0.1) is 0 Å². The number of nitriles is 2. The van der Waals surface area contributed by atoms with Crippen molar-refractivity contribution in [2.24, 2.45) is 10.3 Å². The van der Waals surface area contributed by atoms with E-state index in [1.54, 1.807) is 72.8 Å². The molecule has 0 aliphatic rings. The van der Waals surface area contributed by atoms with Crippen molar-refractivity contribution in [2.45, 2.75) is 0 Å². The molecule has 0 fully saturated rings. The van der Waals surface area contributed by atoms with E-state index >= 15 is 0 Å². The summed E-state index contributed by atoms with van der Waals surface area (Å²) >= 11 is 0. The fraction of sp³-hybridized carbons (Fsp3) is 0. The van der Waals surface area contributed by atoms with Crippen LogP contribution in [0.3, 0.4) is 0 Å². The number of carbonyl (C=O) groups is 1. The average molecular weight is 318 g/mol. The first-order valence-corrected chi connectivity index (χ1v) is 6.69. The van der Waals surface area contributed by atoms with Crippen LogP contribution >= 0.6 is 0 Å². The van der Waals surface area contributed by atoms with Crippen LogP contribution in [-0.2, 0) is 9.68 Å². The quantitative estimate of drug-likeness (QED) is 0.489. The lowest BCUT2D eigenvalue weighted by molar-refractivity contribution is 0.0600. The smallest absolute Gasteiger partial charge is 0.279 e. The van der Waals surface area contributed by atoms with E-state index in [1.807, 2.05) is 0 Å². The van der Waals surface area contributed by atoms with Crippen molar-refractivity contribution in [1.29, 1.82) is 10.5 Å². The van der Waals surface area contributed by atoms with Crippen LogP contribution in [0.1, 0.15) is 11.1 Å². The molecular weight excluding hydrogens is 308 g/mol. The zero-order valence-electron chi connectivity index (χ0n) is 12.3. The van der Waals surface area contributed by atoms with Gasteiger partial charge in [-0.1, -0.05) is 71.0 Å². The van der Waals surface area contributed by atoms with Gasteiger partial charge in [0.25, 0.3) is 0 Å². The number of rotatable bonds is 4. The van der Waals surface area contributed by atoms with Gasteiger partial charge in [-0.05, 0) is 0 Å². The Morgan fingerprint density at radius 3 is 1.46 bits per heavy atom. The van der Waals surface area contributed by atoms with E-state index in [0.717, 1.165) is 0 Å². The molecule has 0 saturated carbocycles. The second kappa shape index (κ2) is 8.47. The molecule has 0 spiro atoms. The lowest BCUT2D eigenvalue weighted by Gasteiger charge is -1.99. The van der Waals surface area contributed by atoms with E-state index in [0.29, 0.717) is 11.1 Å². The predicted molar refractivity (Wildman–Crippen MR) is 84.8 cm³/mol. The molecule has 24 heavy (non-hydrogen) atoms. The molecule has 116 valence electrons. The SMILES string of the molecule is N#C/C(=N\OC(=O)O/N=C(\C#N)c1ccccc1)c1ccccc1. The summed E-state index contributed by atoms with van der Waals surface area (Å²) in [7, 11) is 0. The van der Waals surface area contributed by atoms with E-state index in [9.17, 15) is 4.79 Å². The van der Waals surface area contributed by atoms with Crippen molar-refractivity contribution in [3.63, 3.8) is 0 Å². The third kappa shape index (κ3) is 4.52. The average Bonchev–Trinajstić information content (AvgIpc) is 2.64. The van der Waals surface area contributed by atoms with Gasteiger partial charge in [0.1, 0.15) is 12.1 Å². The molecule has 7 heteroatoms. The third-order valence-corrected chi connectivity index (χ3v) is 2.73. The van der Waals surface area contributed by atoms with E-state index in [4.69, 9.17) is 10.5 Å². The van der Waals surface area contributed by atoms with Gasteiger partial charge in [0.05, 0.1) is 0 Å². The summed E-state index contributed by atoms with van der Waals surface area (Å²) in [6.45, 7) is 0. The predicted octanol–water partition coefficient (Wildman–Crippen LogP) is 3.00. The first-order chi connectivity index (χ1) is 11.7. The van der Waals surface area contributed by atoms with Crippen molar-refractivity contribution in [1.82, 2.24) is 0 Å². The third-order valence-electron chi connectivity index (χ3n) is 2.73. The molecule has 0 aliphatic carbocycles. The fourth-order valence-corrected chi connectivity index (χ4v) is 1.65. The Labute approximate surface area is 137 Å². The highest BCUT2D eigenvalue weighted by Gasteiger charge is 2.09. The zero-order chi connectivity index (χ0) is 17.2. The van der Waals surface area contributed by atoms with E-state index < -0.39 is 6.16 Å². The van der Waals surface area contributed by atoms with Gasteiger partial charge in [-0.2, -0.15) is 15.3 Å². The Kier molecular flexibility index (Phi) is 5.79. The lowest BCUT2D eigenvalue weighted by atomic mass is 10.1. The number of nitrogens with zero attached hydrogens (tertiary/aromatic N) is 4. The molecule has 2 aromatic carbocycles. The van der Waals surface area contributed by atoms with Crippen molar-refractivity contribution in [2.75, 3.05) is 0 Å². The van der Waals surface area contributed by atoms with Crippen LogP contribution in [0.5, 0.6) is 0 Å². The molecule has 0 unspecified atom stereocenters. The lowest BCUT2D eigenvalue weighted by Crippen LogP contribution is -2.06. The molecule has 0 amide bonds. The van der Waals surface area contributed by atoms with Crippen molar-refractivity contribution in [3.8, 4) is 12.1 Å². The molecule has 0 saturated heterocycles. The molecule has 2 rings (SSSR count). The van der Waals surface area contributed by atoms with Gasteiger partial charge in [-0.3, -0.25) is 9.68 Å². The van der Waals surface area contributed by atoms with Crippen molar-refractivity contribution >= 4 is 17.6 Å². The summed E-state index contributed by atoms with van der Waals surface area (Å²) in [6.07, 6.45) is -1.26. The highest BCUT2D eigenvalue weighted by atomic mass is 16.8. The van der Waals surface area contributed by atoms with Crippen LogP contribution in [0.4, 0.5) is 4.79 Å². The second-order valence-electron chi connectivity index (χ2n) is 4.27. The van der Waals surface area contributed by atoms with Gasteiger partial charge in [0, 0.05) is 11.1 Å². The topological polar surface area (TPSA) is 108 Å². The molecule has 0 atom stereocenters. The summed E-state index contributed by atoms with van der Waals surface area (Å²) in [5.74, 6) is 0. The molecule has 0 aliphatic heterocycles. The highest BCUT2D eigenvalue weighted by molar-refractivity contribution is 6.12. The van der Waals surface area contributed by atoms with Gasteiger partial charge >= 0.3 is 6.16 Å². The minimum atomic E-state index is -1.26. The maximum Gasteiger partial charge on any atom is 0.562 e. The van der Waals surface area contributed by atoms with Gasteiger partial charge in [-0.25, -0.2) is 0 Å². The number of benzene rings is 2. The molecule has 0 aromatic heterocycles. The Balaban J connectivity index is 2.03. The van der Waals surface area contributed by atoms with Crippen LogP contribution in [0, 0.1) is 22.7 Å². The van der Waals surface area contributed by atoms with Crippen molar-refractivity contribution < 1.29 is 14.5 Å². The molecule has 0 radical (unpaired) electrons. The maximum absolute atomic E-state index is 11.5. The molecule has 7 nitrogen and oxygen atoms in total. The molecule has 0 N–H and O–H groups in total. The van der Waals surface area contributed by atoms with Crippen molar-refractivity contribution in [3.05, 3.63) is 71.8 Å². The largest absolute Gasteiger partial charge is 0.562 e. The summed E-state index contributed by atoms with van der Waals surface area (Å²) in [6, 6.07) is 20.6. The summed E-state index contributed by atoms with van der Waals surface area (Å²) in [5.41, 5.74) is 0.775. The number of carbonyl (C=O) groups excluding carboxylic acids is 1. The Morgan fingerprint density at radius 2 is 1.12 bits per heavy atom. The van der Waals surface area contributed by atoms with Crippen LogP contribution in [0.25, 0.3) is 0 Å². The molecular formula is C17H10N4O3. The molecule has 2 aromatic rings. The normalized spacial score (nSPS) is 11.1. The highest BCUT2D eigenvalue weighted by Crippen LogP contribution is 2.03.